The van der Waals surface area contributed by atoms with E-state index >= 15 is 0 Å². The Hall–Kier alpha value is -0.570. The van der Waals surface area contributed by atoms with Crippen molar-refractivity contribution in [1.82, 2.24) is 0 Å². The van der Waals surface area contributed by atoms with Gasteiger partial charge in [0.1, 0.15) is 0 Å². The normalized spacial score (nSPS) is 20.3. The van der Waals surface area contributed by atoms with E-state index in [4.69, 9.17) is 10.5 Å². The average Bonchev–Trinajstić information content (AvgIpc) is 2.52. The largest absolute Gasteiger partial charge is 0.381 e. The molecule has 0 unspecified atom stereocenters. The maximum absolute atomic E-state index is 10.3. The van der Waals surface area contributed by atoms with Gasteiger partial charge in [-0.3, -0.25) is 4.79 Å². The molecule has 0 bridgehead atoms. The van der Waals surface area contributed by atoms with E-state index in [-0.39, 0.29) is 13.3 Å². The number of carbonyl (C=O) groups is 1. The van der Waals surface area contributed by atoms with Gasteiger partial charge < -0.3 is 10.5 Å². The van der Waals surface area contributed by atoms with Crippen molar-refractivity contribution in [2.24, 2.45) is 23.5 Å². The quantitative estimate of drug-likeness (QED) is 0.789. The minimum absolute atomic E-state index is 0. The number of nitrogens with two attached hydrogens (primary N) is 1. The van der Waals surface area contributed by atoms with Crippen LogP contribution in [-0.2, 0) is 9.53 Å². The van der Waals surface area contributed by atoms with Gasteiger partial charge in [-0.05, 0) is 24.7 Å². The first kappa shape index (κ1) is 14.4. The summed E-state index contributed by atoms with van der Waals surface area (Å²) in [5.41, 5.74) is 4.98. The van der Waals surface area contributed by atoms with E-state index in [1.807, 2.05) is 0 Å². The molecule has 1 aliphatic heterocycles. The molecule has 2 N–H and O–H groups in total. The molecule has 3 heteroatoms. The lowest BCUT2D eigenvalue weighted by atomic mass is 10.0. The van der Waals surface area contributed by atoms with Crippen LogP contribution < -0.4 is 5.73 Å². The van der Waals surface area contributed by atoms with E-state index in [0.717, 1.165) is 18.3 Å². The first-order valence-corrected chi connectivity index (χ1v) is 5.80. The van der Waals surface area contributed by atoms with Gasteiger partial charge in [-0.1, -0.05) is 27.7 Å². The number of amides is 1. The van der Waals surface area contributed by atoms with Gasteiger partial charge in [-0.2, -0.15) is 0 Å². The molecule has 0 aromatic rings. The third kappa shape index (κ3) is 8.43. The Labute approximate surface area is 94.9 Å². The molecule has 92 valence electrons. The van der Waals surface area contributed by atoms with Crippen LogP contribution in [0, 0.1) is 17.8 Å². The van der Waals surface area contributed by atoms with Crippen molar-refractivity contribution < 1.29 is 11.0 Å². The lowest BCUT2D eigenvalue weighted by Gasteiger charge is -2.05. The summed E-state index contributed by atoms with van der Waals surface area (Å²) in [4.78, 5) is 10.3. The van der Waals surface area contributed by atoms with Gasteiger partial charge in [0.05, 0.1) is 12.5 Å². The van der Waals surface area contributed by atoms with E-state index in [0.29, 0.717) is 13.2 Å². The fourth-order valence-electron chi connectivity index (χ4n) is 1.70. The molecular formula is C12H27NO2. The summed E-state index contributed by atoms with van der Waals surface area (Å²) >= 11 is 0. The maximum atomic E-state index is 10.3. The standard InChI is InChI=1S/C7H16.C5H9NO2.H2/c1-6(2)5-7(3)4;6-5(7)4-1-2-8-3-4;/h6-7H,5H2,1-4H3;4H,1-3H2,(H2,6,7);1H/t;4-;/m.1./s1. The zero-order valence-corrected chi connectivity index (χ0v) is 10.5. The Bertz CT molecular complexity index is 172. The first-order valence-electron chi connectivity index (χ1n) is 5.80. The van der Waals surface area contributed by atoms with Crippen molar-refractivity contribution in [3.05, 3.63) is 0 Å². The number of carbonyl (C=O) groups excluding carboxylic acids is 1. The molecule has 1 rings (SSSR count). The second-order valence-electron chi connectivity index (χ2n) is 4.99. The van der Waals surface area contributed by atoms with Crippen LogP contribution in [0.1, 0.15) is 42.0 Å². The van der Waals surface area contributed by atoms with Crippen molar-refractivity contribution in [2.45, 2.75) is 40.5 Å². The molecule has 0 spiro atoms. The van der Waals surface area contributed by atoms with Crippen molar-refractivity contribution >= 4 is 5.91 Å². The Morgan fingerprint density at radius 2 is 1.93 bits per heavy atom. The zero-order valence-electron chi connectivity index (χ0n) is 10.5. The monoisotopic (exact) mass is 217 g/mol. The molecule has 1 heterocycles. The number of hydrogen-bond acceptors (Lipinski definition) is 2. The highest BCUT2D eigenvalue weighted by molar-refractivity contribution is 5.76. The zero-order chi connectivity index (χ0) is 11.8. The molecule has 0 aliphatic carbocycles. The van der Waals surface area contributed by atoms with Crippen molar-refractivity contribution in [3.8, 4) is 0 Å². The molecule has 3 nitrogen and oxygen atoms in total. The van der Waals surface area contributed by atoms with Gasteiger partial charge in [-0.25, -0.2) is 0 Å². The third-order valence-electron chi connectivity index (χ3n) is 2.27. The molecule has 0 aromatic heterocycles. The highest BCUT2D eigenvalue weighted by Gasteiger charge is 2.20. The van der Waals surface area contributed by atoms with Crippen LogP contribution in [-0.4, -0.2) is 19.1 Å². The molecule has 0 saturated carbocycles. The van der Waals surface area contributed by atoms with Gasteiger partial charge in [-0.15, -0.1) is 0 Å². The Morgan fingerprint density at radius 1 is 1.40 bits per heavy atom. The minimum atomic E-state index is -0.234. The van der Waals surface area contributed by atoms with Gasteiger partial charge in [0, 0.05) is 8.03 Å². The molecular weight excluding hydrogens is 190 g/mol. The predicted octanol–water partition coefficient (Wildman–Crippen LogP) is 2.44. The molecule has 1 atom stereocenters. The highest BCUT2D eigenvalue weighted by Crippen LogP contribution is 2.10. The smallest absolute Gasteiger partial charge is 0.222 e. The number of ether oxygens (including phenoxy) is 1. The number of rotatable bonds is 3. The second kappa shape index (κ2) is 7.69. The first-order chi connectivity index (χ1) is 6.93. The molecule has 1 fully saturated rings. The van der Waals surface area contributed by atoms with Crippen LogP contribution in [0.3, 0.4) is 0 Å². The summed E-state index contributed by atoms with van der Waals surface area (Å²) in [6, 6.07) is 0. The van der Waals surface area contributed by atoms with Gasteiger partial charge in [0.15, 0.2) is 0 Å². The molecule has 15 heavy (non-hydrogen) atoms. The van der Waals surface area contributed by atoms with E-state index in [2.05, 4.69) is 27.7 Å². The van der Waals surface area contributed by atoms with Crippen LogP contribution in [0.2, 0.25) is 0 Å². The van der Waals surface area contributed by atoms with Crippen LogP contribution >= 0.6 is 0 Å². The fourth-order valence-corrected chi connectivity index (χ4v) is 1.70. The summed E-state index contributed by atoms with van der Waals surface area (Å²) in [5, 5.41) is 0. The van der Waals surface area contributed by atoms with E-state index in [1.165, 1.54) is 6.42 Å². The Morgan fingerprint density at radius 3 is 2.07 bits per heavy atom. The Balaban J connectivity index is 0. The van der Waals surface area contributed by atoms with Gasteiger partial charge in [0.25, 0.3) is 0 Å². The average molecular weight is 217 g/mol. The van der Waals surface area contributed by atoms with E-state index < -0.39 is 0 Å². The van der Waals surface area contributed by atoms with Gasteiger partial charge >= 0.3 is 0 Å². The maximum Gasteiger partial charge on any atom is 0.222 e. The summed E-state index contributed by atoms with van der Waals surface area (Å²) in [6.07, 6.45) is 2.16. The summed E-state index contributed by atoms with van der Waals surface area (Å²) in [5.74, 6) is 1.50. The fraction of sp³-hybridized carbons (Fsp3) is 0.917. The summed E-state index contributed by atoms with van der Waals surface area (Å²) in [6.45, 7) is 10.3. The lowest BCUT2D eigenvalue weighted by Crippen LogP contribution is -2.22. The van der Waals surface area contributed by atoms with Crippen LogP contribution in [0.25, 0.3) is 0 Å². The van der Waals surface area contributed by atoms with Crippen LogP contribution in [0.5, 0.6) is 0 Å². The Kier molecular flexibility index (Phi) is 7.39. The molecule has 1 amide bonds. The van der Waals surface area contributed by atoms with E-state index in [9.17, 15) is 4.79 Å². The molecule has 0 radical (unpaired) electrons. The predicted molar refractivity (Wildman–Crippen MR) is 64.5 cm³/mol. The number of hydrogen-bond donors (Lipinski definition) is 1. The highest BCUT2D eigenvalue weighted by atomic mass is 16.5. The molecule has 1 aliphatic rings. The van der Waals surface area contributed by atoms with E-state index in [1.54, 1.807) is 0 Å². The summed E-state index contributed by atoms with van der Waals surface area (Å²) in [7, 11) is 0. The molecule has 1 saturated heterocycles. The van der Waals surface area contributed by atoms with Crippen molar-refractivity contribution in [1.29, 1.82) is 0 Å². The minimum Gasteiger partial charge on any atom is -0.381 e. The van der Waals surface area contributed by atoms with Crippen molar-refractivity contribution in [3.63, 3.8) is 0 Å². The van der Waals surface area contributed by atoms with Gasteiger partial charge in [0.2, 0.25) is 5.91 Å². The van der Waals surface area contributed by atoms with Crippen molar-refractivity contribution in [2.75, 3.05) is 13.2 Å². The van der Waals surface area contributed by atoms with Crippen LogP contribution in [0.4, 0.5) is 0 Å². The topological polar surface area (TPSA) is 52.3 Å². The summed E-state index contributed by atoms with van der Waals surface area (Å²) < 4.78 is 4.92. The SMILES string of the molecule is CC(C)CC(C)C.NC(=O)[C@@H]1CCOC1.[HH]. The third-order valence-corrected chi connectivity index (χ3v) is 2.27. The number of primary amides is 1. The molecule has 0 aromatic carbocycles. The second-order valence-corrected chi connectivity index (χ2v) is 4.99. The van der Waals surface area contributed by atoms with Crippen LogP contribution in [0.15, 0.2) is 0 Å². The lowest BCUT2D eigenvalue weighted by molar-refractivity contribution is -0.121.